The van der Waals surface area contributed by atoms with Crippen molar-refractivity contribution in [2.75, 3.05) is 14.1 Å². The molecule has 0 heterocycles. The van der Waals surface area contributed by atoms with Crippen LogP contribution in [0.3, 0.4) is 0 Å². The molecule has 2 nitrogen and oxygen atoms in total. The fraction of sp³-hybridized carbons (Fsp3) is 1.00. The maximum atomic E-state index is 3.45. The Morgan fingerprint density at radius 2 is 1.38 bits per heavy atom. The van der Waals surface area contributed by atoms with Crippen LogP contribution in [-0.4, -0.2) is 37.1 Å². The first kappa shape index (κ1) is 17.3. The molecule has 0 saturated heterocycles. The van der Waals surface area contributed by atoms with Gasteiger partial charge in [0.15, 0.2) is 0 Å². The van der Waals surface area contributed by atoms with Crippen LogP contribution in [0.15, 0.2) is 0 Å². The molecule has 0 radical (unpaired) electrons. The number of hydrogen-bond donors (Lipinski definition) is 1. The first-order valence-corrected chi connectivity index (χ1v) is 9.37. The Balaban J connectivity index is 1.79. The molecule has 21 heavy (non-hydrogen) atoms. The van der Waals surface area contributed by atoms with Crippen molar-refractivity contribution in [1.29, 1.82) is 0 Å². The summed E-state index contributed by atoms with van der Waals surface area (Å²) >= 11 is 0. The molecule has 0 aromatic carbocycles. The van der Waals surface area contributed by atoms with Crippen molar-refractivity contribution in [3.8, 4) is 0 Å². The average molecular weight is 295 g/mol. The molecule has 2 saturated carbocycles. The van der Waals surface area contributed by atoms with Crippen molar-refractivity contribution in [3.05, 3.63) is 0 Å². The topological polar surface area (TPSA) is 15.3 Å². The minimum Gasteiger partial charge on any atom is -0.317 e. The van der Waals surface area contributed by atoms with Crippen molar-refractivity contribution in [1.82, 2.24) is 10.2 Å². The van der Waals surface area contributed by atoms with Crippen LogP contribution in [-0.2, 0) is 0 Å². The zero-order chi connectivity index (χ0) is 15.5. The van der Waals surface area contributed by atoms with E-state index in [1.165, 1.54) is 57.8 Å². The van der Waals surface area contributed by atoms with Crippen molar-refractivity contribution >= 4 is 0 Å². The molecule has 0 atom stereocenters. The van der Waals surface area contributed by atoms with E-state index in [2.05, 4.69) is 45.1 Å². The lowest BCUT2D eigenvalue weighted by atomic mass is 9.68. The van der Waals surface area contributed by atoms with Crippen LogP contribution in [0.1, 0.15) is 78.6 Å². The van der Waals surface area contributed by atoms with E-state index in [1.54, 1.807) is 0 Å². The molecule has 0 spiro atoms. The second-order valence-corrected chi connectivity index (χ2v) is 8.31. The molecule has 0 aromatic heterocycles. The molecule has 0 aromatic rings. The second kappa shape index (κ2) is 7.46. The van der Waals surface area contributed by atoms with Gasteiger partial charge in [0.25, 0.3) is 0 Å². The van der Waals surface area contributed by atoms with Crippen molar-refractivity contribution < 1.29 is 0 Å². The van der Waals surface area contributed by atoms with E-state index in [0.717, 1.165) is 24.0 Å². The van der Waals surface area contributed by atoms with E-state index < -0.39 is 0 Å². The van der Waals surface area contributed by atoms with Crippen LogP contribution in [0.5, 0.6) is 0 Å². The van der Waals surface area contributed by atoms with Gasteiger partial charge in [0, 0.05) is 18.1 Å². The Kier molecular flexibility index (Phi) is 6.14. The van der Waals surface area contributed by atoms with Gasteiger partial charge in [-0.3, -0.25) is 0 Å². The van der Waals surface area contributed by atoms with Gasteiger partial charge in [-0.25, -0.2) is 0 Å². The summed E-state index contributed by atoms with van der Waals surface area (Å²) in [4.78, 5) is 2.75. The monoisotopic (exact) mass is 294 g/mol. The molecule has 2 rings (SSSR count). The first-order chi connectivity index (χ1) is 9.97. The largest absolute Gasteiger partial charge is 0.317 e. The fourth-order valence-corrected chi connectivity index (χ4v) is 4.62. The van der Waals surface area contributed by atoms with Gasteiger partial charge in [-0.2, -0.15) is 0 Å². The fourth-order valence-electron chi connectivity index (χ4n) is 4.62. The lowest BCUT2D eigenvalue weighted by Gasteiger charge is -2.44. The summed E-state index contributed by atoms with van der Waals surface area (Å²) in [6.07, 6.45) is 12.6. The highest BCUT2D eigenvalue weighted by atomic mass is 15.2. The third kappa shape index (κ3) is 4.22. The Labute approximate surface area is 133 Å². The smallest absolute Gasteiger partial charge is 0.00963 e. The van der Waals surface area contributed by atoms with Crippen LogP contribution in [0.25, 0.3) is 0 Å². The van der Waals surface area contributed by atoms with Crippen LogP contribution in [0.4, 0.5) is 0 Å². The first-order valence-electron chi connectivity index (χ1n) is 9.37. The predicted molar refractivity (Wildman–Crippen MR) is 92.7 cm³/mol. The van der Waals surface area contributed by atoms with Crippen LogP contribution in [0, 0.1) is 11.3 Å². The third-order valence-corrected chi connectivity index (χ3v) is 6.97. The van der Waals surface area contributed by atoms with Gasteiger partial charge in [0.05, 0.1) is 0 Å². The molecule has 0 unspecified atom stereocenters. The van der Waals surface area contributed by atoms with E-state index in [1.807, 2.05) is 0 Å². The number of nitrogens with zero attached hydrogens (tertiary/aromatic N) is 1. The standard InChI is InChI=1S/C19H38N2/c1-6-19(2,3)15-7-11-17(12-8-15)21(5)18-13-9-16(20-4)10-14-18/h15-18,20H,6-14H2,1-5H3. The van der Waals surface area contributed by atoms with Crippen LogP contribution in [0.2, 0.25) is 0 Å². The molecule has 0 aliphatic heterocycles. The van der Waals surface area contributed by atoms with Crippen molar-refractivity contribution in [3.63, 3.8) is 0 Å². The second-order valence-electron chi connectivity index (χ2n) is 8.31. The van der Waals surface area contributed by atoms with Gasteiger partial charge in [0.1, 0.15) is 0 Å². The summed E-state index contributed by atoms with van der Waals surface area (Å²) < 4.78 is 0. The molecule has 2 fully saturated rings. The summed E-state index contributed by atoms with van der Waals surface area (Å²) in [5, 5.41) is 3.45. The lowest BCUT2D eigenvalue weighted by Crippen LogP contribution is -2.46. The highest BCUT2D eigenvalue weighted by Gasteiger charge is 2.35. The molecule has 124 valence electrons. The van der Waals surface area contributed by atoms with E-state index in [9.17, 15) is 0 Å². The summed E-state index contributed by atoms with van der Waals surface area (Å²) in [6, 6.07) is 2.47. The van der Waals surface area contributed by atoms with E-state index in [0.29, 0.717) is 5.41 Å². The van der Waals surface area contributed by atoms with Gasteiger partial charge in [-0.15, -0.1) is 0 Å². The van der Waals surface area contributed by atoms with Gasteiger partial charge in [-0.1, -0.05) is 27.2 Å². The molecule has 2 heteroatoms. The van der Waals surface area contributed by atoms with E-state index in [-0.39, 0.29) is 0 Å². The van der Waals surface area contributed by atoms with Gasteiger partial charge in [-0.05, 0) is 76.8 Å². The third-order valence-electron chi connectivity index (χ3n) is 6.97. The maximum absolute atomic E-state index is 3.45. The van der Waals surface area contributed by atoms with E-state index >= 15 is 0 Å². The van der Waals surface area contributed by atoms with Crippen molar-refractivity contribution in [2.24, 2.45) is 11.3 Å². The molecule has 2 aliphatic rings. The number of rotatable bonds is 5. The molecule has 0 amide bonds. The Morgan fingerprint density at radius 3 is 1.81 bits per heavy atom. The number of hydrogen-bond acceptors (Lipinski definition) is 2. The molecule has 1 N–H and O–H groups in total. The normalized spacial score (nSPS) is 35.1. The summed E-state index contributed by atoms with van der Waals surface area (Å²) in [7, 11) is 4.52. The Bertz CT molecular complexity index is 297. The summed E-state index contributed by atoms with van der Waals surface area (Å²) in [5.74, 6) is 0.951. The average Bonchev–Trinajstić information content (AvgIpc) is 2.54. The van der Waals surface area contributed by atoms with Crippen LogP contribution < -0.4 is 5.32 Å². The minimum atomic E-state index is 0.550. The predicted octanol–water partition coefficient (Wildman–Crippen LogP) is 4.44. The SMILES string of the molecule is CCC(C)(C)C1CCC(N(C)C2CCC(NC)CC2)CC1. The van der Waals surface area contributed by atoms with Gasteiger partial charge < -0.3 is 10.2 Å². The quantitative estimate of drug-likeness (QED) is 0.806. The summed E-state index contributed by atoms with van der Waals surface area (Å²) in [6.45, 7) is 7.31. The number of nitrogens with one attached hydrogen (secondary N) is 1. The Hall–Kier alpha value is -0.0800. The molecule has 2 aliphatic carbocycles. The van der Waals surface area contributed by atoms with Crippen LogP contribution >= 0.6 is 0 Å². The molecular weight excluding hydrogens is 256 g/mol. The van der Waals surface area contributed by atoms with Crippen molar-refractivity contribution in [2.45, 2.75) is 96.7 Å². The highest BCUT2D eigenvalue weighted by molar-refractivity contribution is 4.89. The summed E-state index contributed by atoms with van der Waals surface area (Å²) in [5.41, 5.74) is 0.550. The maximum Gasteiger partial charge on any atom is 0.00963 e. The zero-order valence-corrected chi connectivity index (χ0v) is 15.1. The molecular formula is C19H38N2. The van der Waals surface area contributed by atoms with Gasteiger partial charge >= 0.3 is 0 Å². The zero-order valence-electron chi connectivity index (χ0n) is 15.1. The lowest BCUT2D eigenvalue weighted by molar-refractivity contribution is 0.0625. The minimum absolute atomic E-state index is 0.550. The van der Waals surface area contributed by atoms with Gasteiger partial charge in [0.2, 0.25) is 0 Å². The molecule has 0 bridgehead atoms. The van der Waals surface area contributed by atoms with E-state index in [4.69, 9.17) is 0 Å². The Morgan fingerprint density at radius 1 is 0.905 bits per heavy atom. The highest BCUT2D eigenvalue weighted by Crippen LogP contribution is 2.41.